The number of anilines is 1. The molecule has 0 radical (unpaired) electrons. The highest BCUT2D eigenvalue weighted by Gasteiger charge is 2.44. The molecule has 1 amide bonds. The minimum absolute atomic E-state index is 0.140. The van der Waals surface area contributed by atoms with E-state index in [2.05, 4.69) is 41.5 Å². The maximum Gasteiger partial charge on any atom is 0.262 e. The number of aryl methyl sites for hydroxylation is 1. The Hall–Kier alpha value is -2.18. The van der Waals surface area contributed by atoms with Gasteiger partial charge in [0.25, 0.3) is 5.91 Å². The molecule has 7 heteroatoms. The summed E-state index contributed by atoms with van der Waals surface area (Å²) in [5.41, 5.74) is 4.02. The number of nitrogens with zero attached hydrogens (tertiary/aromatic N) is 1. The predicted octanol–water partition coefficient (Wildman–Crippen LogP) is 7.05. The van der Waals surface area contributed by atoms with Crippen molar-refractivity contribution in [2.75, 3.05) is 24.6 Å². The molecule has 1 fully saturated rings. The molecule has 1 unspecified atom stereocenters. The Morgan fingerprint density at radius 1 is 1.05 bits per heavy atom. The second-order valence-electron chi connectivity index (χ2n) is 13.5. The van der Waals surface area contributed by atoms with Gasteiger partial charge in [-0.25, -0.2) is 4.21 Å². The molecule has 2 heterocycles. The first kappa shape index (κ1) is 28.9. The molecule has 2 aromatic rings. The van der Waals surface area contributed by atoms with Crippen molar-refractivity contribution in [1.29, 1.82) is 0 Å². The molecule has 5 nitrogen and oxygen atoms in total. The number of ether oxygens (including phenoxy) is 1. The largest absolute Gasteiger partial charge is 0.490 e. The molecule has 7 atom stereocenters. The second-order valence-corrected chi connectivity index (χ2v) is 16.4. The first-order chi connectivity index (χ1) is 19.6. The zero-order valence-corrected chi connectivity index (χ0v) is 26.4. The molecule has 0 saturated heterocycles. The van der Waals surface area contributed by atoms with E-state index in [1.165, 1.54) is 30.4 Å². The fraction of sp³-hybridized carbons (Fsp3) is 0.588. The number of benzene rings is 2. The highest BCUT2D eigenvalue weighted by molar-refractivity contribution is 7.99. The van der Waals surface area contributed by atoms with Crippen LogP contribution in [0.5, 0.6) is 5.75 Å². The average molecular weight is 597 g/mol. The number of carbonyl (C=O) groups excluding carboxylic acids is 1. The SMILES string of the molecule is C=S1(=O)NC(=O)c2ccc3c(c2)N(C[C@@H]2CC[C@H]2[C@@H](C)CCC[C@H](C)[C@H]1C)C[C@@]1(CCCc2cc(Cl)ccc21)CO3. The van der Waals surface area contributed by atoms with E-state index < -0.39 is 9.71 Å². The fourth-order valence-corrected chi connectivity index (χ4v) is 9.70. The summed E-state index contributed by atoms with van der Waals surface area (Å²) in [7, 11) is -2.81. The smallest absolute Gasteiger partial charge is 0.262 e. The summed E-state index contributed by atoms with van der Waals surface area (Å²) < 4.78 is 23.1. The predicted molar refractivity (Wildman–Crippen MR) is 171 cm³/mol. The summed E-state index contributed by atoms with van der Waals surface area (Å²) in [4.78, 5) is 16.0. The lowest BCUT2D eigenvalue weighted by atomic mass is 9.65. The van der Waals surface area contributed by atoms with Gasteiger partial charge in [-0.1, -0.05) is 44.4 Å². The summed E-state index contributed by atoms with van der Waals surface area (Å²) in [5, 5.41) is 0.586. The van der Waals surface area contributed by atoms with Crippen LogP contribution in [0.25, 0.3) is 0 Å². The third kappa shape index (κ3) is 5.51. The number of rotatable bonds is 0. The van der Waals surface area contributed by atoms with Crippen LogP contribution >= 0.6 is 11.6 Å². The van der Waals surface area contributed by atoms with Crippen LogP contribution in [0.3, 0.4) is 0 Å². The molecule has 1 spiro atoms. The Balaban J connectivity index is 1.41. The second kappa shape index (κ2) is 11.1. The number of halogens is 1. The molecule has 4 aliphatic rings. The molecule has 222 valence electrons. The van der Waals surface area contributed by atoms with Gasteiger partial charge in [-0.3, -0.25) is 9.52 Å². The third-order valence-corrected chi connectivity index (χ3v) is 13.4. The van der Waals surface area contributed by atoms with Gasteiger partial charge in [0.15, 0.2) is 0 Å². The van der Waals surface area contributed by atoms with Crippen LogP contribution in [0.15, 0.2) is 36.4 Å². The number of carbonyl (C=O) groups is 1. The maximum atomic E-state index is 13.6. The van der Waals surface area contributed by atoms with E-state index in [-0.39, 0.29) is 22.5 Å². The van der Waals surface area contributed by atoms with Crippen molar-refractivity contribution in [3.05, 3.63) is 58.1 Å². The van der Waals surface area contributed by atoms with Crippen molar-refractivity contribution in [1.82, 2.24) is 4.72 Å². The van der Waals surface area contributed by atoms with Crippen LogP contribution in [0, 0.1) is 23.7 Å². The Labute approximate surface area is 251 Å². The van der Waals surface area contributed by atoms with Crippen molar-refractivity contribution in [3.63, 3.8) is 0 Å². The van der Waals surface area contributed by atoms with Gasteiger partial charge < -0.3 is 9.64 Å². The van der Waals surface area contributed by atoms with E-state index in [1.54, 1.807) is 6.07 Å². The fourth-order valence-electron chi connectivity index (χ4n) is 8.00. The van der Waals surface area contributed by atoms with Gasteiger partial charge in [-0.05, 0) is 116 Å². The van der Waals surface area contributed by atoms with Crippen LogP contribution in [0.1, 0.15) is 87.2 Å². The number of fused-ring (bicyclic) bond motifs is 4. The molecule has 2 aliphatic carbocycles. The zero-order valence-electron chi connectivity index (χ0n) is 24.8. The van der Waals surface area contributed by atoms with E-state index in [0.717, 1.165) is 61.7 Å². The lowest BCUT2D eigenvalue weighted by Crippen LogP contribution is -2.49. The van der Waals surface area contributed by atoms with Crippen molar-refractivity contribution in [2.24, 2.45) is 23.7 Å². The van der Waals surface area contributed by atoms with E-state index in [1.807, 2.05) is 25.1 Å². The minimum Gasteiger partial charge on any atom is -0.490 e. The summed E-state index contributed by atoms with van der Waals surface area (Å²) >= 11 is 6.42. The van der Waals surface area contributed by atoms with Gasteiger partial charge in [0.1, 0.15) is 5.75 Å². The topological polar surface area (TPSA) is 58.6 Å². The van der Waals surface area contributed by atoms with Gasteiger partial charge in [0.05, 0.1) is 22.0 Å². The van der Waals surface area contributed by atoms with Crippen LogP contribution in [-0.4, -0.2) is 40.9 Å². The highest BCUT2D eigenvalue weighted by atomic mass is 35.5. The molecule has 1 N–H and O–H groups in total. The van der Waals surface area contributed by atoms with Gasteiger partial charge in [-0.2, -0.15) is 0 Å². The molecule has 2 bridgehead atoms. The van der Waals surface area contributed by atoms with E-state index in [4.69, 9.17) is 16.3 Å². The first-order valence-corrected chi connectivity index (χ1v) is 17.7. The Morgan fingerprint density at radius 3 is 2.63 bits per heavy atom. The minimum atomic E-state index is -2.81. The van der Waals surface area contributed by atoms with Gasteiger partial charge in [0.2, 0.25) is 0 Å². The molecule has 0 aromatic heterocycles. The van der Waals surface area contributed by atoms with Crippen LogP contribution in [0.4, 0.5) is 5.69 Å². The van der Waals surface area contributed by atoms with Crippen LogP contribution in [0.2, 0.25) is 5.02 Å². The van der Waals surface area contributed by atoms with E-state index in [0.29, 0.717) is 29.9 Å². The van der Waals surface area contributed by atoms with Gasteiger partial charge >= 0.3 is 0 Å². The monoisotopic (exact) mass is 596 g/mol. The lowest BCUT2D eigenvalue weighted by molar-refractivity contribution is 0.0982. The lowest BCUT2D eigenvalue weighted by Gasteiger charge is -2.46. The number of amides is 1. The normalized spacial score (nSPS) is 35.8. The van der Waals surface area contributed by atoms with Crippen LogP contribution in [-0.2, 0) is 21.5 Å². The summed E-state index contributed by atoms with van der Waals surface area (Å²) in [5.74, 6) is 6.72. The Kier molecular flexibility index (Phi) is 7.86. The third-order valence-electron chi connectivity index (χ3n) is 10.9. The molecule has 2 aliphatic heterocycles. The number of hydrogen-bond acceptors (Lipinski definition) is 4. The molecule has 1 saturated carbocycles. The van der Waals surface area contributed by atoms with E-state index in [9.17, 15) is 9.00 Å². The molecular formula is C34H45ClN2O3S. The molecule has 6 rings (SSSR count). The average Bonchev–Trinajstić information content (AvgIpc) is 3.06. The summed E-state index contributed by atoms with van der Waals surface area (Å²) in [6.45, 7) is 8.95. The molecule has 41 heavy (non-hydrogen) atoms. The summed E-state index contributed by atoms with van der Waals surface area (Å²) in [6, 6.07) is 12.1. The molecular weight excluding hydrogens is 552 g/mol. The zero-order chi connectivity index (χ0) is 28.9. The van der Waals surface area contributed by atoms with Gasteiger partial charge in [0, 0.05) is 34.3 Å². The van der Waals surface area contributed by atoms with Gasteiger partial charge in [-0.15, -0.1) is 0 Å². The summed E-state index contributed by atoms with van der Waals surface area (Å²) in [6.07, 6.45) is 9.04. The standard InChI is InChI=1S/C34H45ClN2O3S/c1-22-7-5-8-23(2)29-13-10-27(29)19-37-20-34(16-6-9-25-17-28(35)12-14-30(25)34)21-40-32-15-11-26(18-31(32)37)33(38)36-41(4,39)24(22)3/h11-12,14-15,17-18,22-24,27,29H,4-10,13,16,19-21H2,1-3H3,(H,36,38,39)/t22-,23-,24+,27-,29-,34-,41?/m0/s1. The Bertz CT molecular complexity index is 1430. The van der Waals surface area contributed by atoms with Crippen molar-refractivity contribution < 1.29 is 13.7 Å². The van der Waals surface area contributed by atoms with Crippen molar-refractivity contribution >= 4 is 38.8 Å². The van der Waals surface area contributed by atoms with Crippen molar-refractivity contribution in [3.8, 4) is 5.75 Å². The maximum absolute atomic E-state index is 13.6. The van der Waals surface area contributed by atoms with Crippen molar-refractivity contribution in [2.45, 2.75) is 82.8 Å². The number of hydrogen-bond donors (Lipinski definition) is 1. The molecule has 2 aromatic carbocycles. The quantitative estimate of drug-likeness (QED) is 0.331. The van der Waals surface area contributed by atoms with E-state index >= 15 is 0 Å². The van der Waals surface area contributed by atoms with Crippen LogP contribution < -0.4 is 14.4 Å². The first-order valence-electron chi connectivity index (χ1n) is 15.6. The highest BCUT2D eigenvalue weighted by Crippen LogP contribution is 2.47. The number of nitrogens with one attached hydrogen (secondary N) is 1. The Morgan fingerprint density at radius 2 is 1.85 bits per heavy atom.